The Hall–Kier alpha value is -1.74. The summed E-state index contributed by atoms with van der Waals surface area (Å²) in [6.07, 6.45) is 7.60. The van der Waals surface area contributed by atoms with E-state index in [1.807, 2.05) is 38.1 Å². The van der Waals surface area contributed by atoms with Crippen LogP contribution in [-0.2, 0) is 0 Å². The molecule has 1 aliphatic heterocycles. The summed E-state index contributed by atoms with van der Waals surface area (Å²) in [5, 5.41) is 18.7. The molecule has 1 aliphatic rings. The molecule has 3 nitrogen and oxygen atoms in total. The van der Waals surface area contributed by atoms with Gasteiger partial charge in [0.25, 0.3) is 0 Å². The van der Waals surface area contributed by atoms with Crippen LogP contribution in [0.1, 0.15) is 32.3 Å². The van der Waals surface area contributed by atoms with Crippen LogP contribution in [0.2, 0.25) is 0 Å². The summed E-state index contributed by atoms with van der Waals surface area (Å²) >= 11 is 0. The normalized spacial score (nSPS) is 21.9. The van der Waals surface area contributed by atoms with Gasteiger partial charge in [0.05, 0.1) is 12.2 Å². The molecule has 1 heterocycles. The number of aliphatic hydroxyl groups excluding tert-OH is 1. The number of aromatic hydroxyl groups is 1. The van der Waals surface area contributed by atoms with Crippen molar-refractivity contribution in [2.45, 2.75) is 32.3 Å². The first-order valence-corrected chi connectivity index (χ1v) is 6.51. The van der Waals surface area contributed by atoms with E-state index in [1.54, 1.807) is 12.1 Å². The van der Waals surface area contributed by atoms with E-state index >= 15 is 0 Å². The van der Waals surface area contributed by atoms with E-state index in [-0.39, 0.29) is 18.0 Å². The number of phenols is 1. The van der Waals surface area contributed by atoms with Crippen LogP contribution in [0.5, 0.6) is 11.5 Å². The lowest BCUT2D eigenvalue weighted by Crippen LogP contribution is -2.31. The fraction of sp³-hybridized carbons (Fsp3) is 0.375. The van der Waals surface area contributed by atoms with Gasteiger partial charge in [-0.25, -0.2) is 0 Å². The molecule has 19 heavy (non-hydrogen) atoms. The van der Waals surface area contributed by atoms with Crippen LogP contribution in [0, 0.1) is 0 Å². The molecular formula is C16H20O3. The summed E-state index contributed by atoms with van der Waals surface area (Å²) in [5.74, 6) is 0.958. The second kappa shape index (κ2) is 5.49. The van der Waals surface area contributed by atoms with E-state index in [1.165, 1.54) is 0 Å². The van der Waals surface area contributed by atoms with Gasteiger partial charge in [-0.05, 0) is 51.0 Å². The minimum atomic E-state index is -0.368. The largest absolute Gasteiger partial charge is 0.507 e. The molecule has 3 heteroatoms. The molecule has 0 amide bonds. The maximum Gasteiger partial charge on any atom is 0.131 e. The topological polar surface area (TPSA) is 49.7 Å². The van der Waals surface area contributed by atoms with Crippen LogP contribution in [0.4, 0.5) is 0 Å². The number of allylic oxidation sites excluding steroid dienone is 1. The summed E-state index contributed by atoms with van der Waals surface area (Å²) in [7, 11) is 0. The molecule has 0 aromatic heterocycles. The molecule has 102 valence electrons. The van der Waals surface area contributed by atoms with Crippen LogP contribution in [-0.4, -0.2) is 22.4 Å². The van der Waals surface area contributed by atoms with Gasteiger partial charge in [0, 0.05) is 0 Å². The fourth-order valence-electron chi connectivity index (χ4n) is 2.14. The Kier molecular flexibility index (Phi) is 3.96. The highest BCUT2D eigenvalue weighted by Crippen LogP contribution is 2.37. The molecule has 0 aliphatic carbocycles. The Morgan fingerprint density at radius 2 is 2.21 bits per heavy atom. The highest BCUT2D eigenvalue weighted by Gasteiger charge is 2.27. The van der Waals surface area contributed by atoms with Gasteiger partial charge in [0.2, 0.25) is 0 Å². The first-order chi connectivity index (χ1) is 9.04. The molecule has 0 spiro atoms. The second-order valence-corrected chi connectivity index (χ2v) is 5.18. The number of aliphatic hydroxyl groups is 1. The second-order valence-electron chi connectivity index (χ2n) is 5.18. The zero-order valence-corrected chi connectivity index (χ0v) is 11.4. The Morgan fingerprint density at radius 3 is 2.95 bits per heavy atom. The van der Waals surface area contributed by atoms with Crippen molar-refractivity contribution in [1.82, 2.24) is 0 Å². The van der Waals surface area contributed by atoms with Gasteiger partial charge < -0.3 is 14.9 Å². The van der Waals surface area contributed by atoms with Gasteiger partial charge >= 0.3 is 0 Å². The number of rotatable bonds is 4. The van der Waals surface area contributed by atoms with Crippen molar-refractivity contribution in [2.24, 2.45) is 0 Å². The number of ether oxygens (including phenoxy) is 1. The van der Waals surface area contributed by atoms with Crippen LogP contribution in [0.15, 0.2) is 35.9 Å². The van der Waals surface area contributed by atoms with Gasteiger partial charge in [-0.1, -0.05) is 17.7 Å². The van der Waals surface area contributed by atoms with Crippen LogP contribution < -0.4 is 4.74 Å². The number of benzene rings is 1. The maximum absolute atomic E-state index is 9.74. The van der Waals surface area contributed by atoms with E-state index in [2.05, 4.69) is 0 Å². The van der Waals surface area contributed by atoms with Crippen molar-refractivity contribution in [3.05, 3.63) is 41.5 Å². The lowest BCUT2D eigenvalue weighted by Gasteiger charge is -2.31. The lowest BCUT2D eigenvalue weighted by molar-refractivity contribution is 0.128. The van der Waals surface area contributed by atoms with E-state index < -0.39 is 0 Å². The zero-order chi connectivity index (χ0) is 13.9. The average Bonchev–Trinajstić information content (AvgIpc) is 2.38. The average molecular weight is 260 g/mol. The molecule has 0 saturated carbocycles. The highest BCUT2D eigenvalue weighted by atomic mass is 16.5. The quantitative estimate of drug-likeness (QED) is 0.817. The van der Waals surface area contributed by atoms with Crippen molar-refractivity contribution in [3.8, 4) is 11.5 Å². The fourth-order valence-corrected chi connectivity index (χ4v) is 2.14. The van der Waals surface area contributed by atoms with Crippen molar-refractivity contribution in [1.29, 1.82) is 0 Å². The number of phenolic OH excluding ortho intramolecular Hbond substituents is 1. The molecular weight excluding hydrogens is 240 g/mol. The van der Waals surface area contributed by atoms with Gasteiger partial charge in [-0.2, -0.15) is 0 Å². The predicted octanol–water partition coefficient (Wildman–Crippen LogP) is 3.28. The summed E-state index contributed by atoms with van der Waals surface area (Å²) in [4.78, 5) is 0. The standard InChI is InChI=1S/C16H20O3/c1-12(11-17)5-4-9-16(2)10-8-13-14(18)6-3-7-15(13)19-16/h3,5-8,10,17-18H,4,9,11H2,1-2H3/b12-5+. The summed E-state index contributed by atoms with van der Waals surface area (Å²) in [5.41, 5.74) is 1.34. The molecule has 1 unspecified atom stereocenters. The first-order valence-electron chi connectivity index (χ1n) is 6.51. The number of hydrogen-bond acceptors (Lipinski definition) is 3. The van der Waals surface area contributed by atoms with E-state index in [4.69, 9.17) is 9.84 Å². The van der Waals surface area contributed by atoms with Gasteiger partial charge in [-0.15, -0.1) is 0 Å². The van der Waals surface area contributed by atoms with Gasteiger partial charge in [-0.3, -0.25) is 0 Å². The monoisotopic (exact) mass is 260 g/mol. The number of hydrogen-bond donors (Lipinski definition) is 2. The first kappa shape index (κ1) is 13.7. The Morgan fingerprint density at radius 1 is 1.42 bits per heavy atom. The van der Waals surface area contributed by atoms with Gasteiger partial charge in [0.15, 0.2) is 0 Å². The third-order valence-corrected chi connectivity index (χ3v) is 3.37. The van der Waals surface area contributed by atoms with Crippen molar-refractivity contribution < 1.29 is 14.9 Å². The van der Waals surface area contributed by atoms with Crippen molar-refractivity contribution in [3.63, 3.8) is 0 Å². The molecule has 0 bridgehead atoms. The lowest BCUT2D eigenvalue weighted by atomic mass is 9.94. The molecule has 0 radical (unpaired) electrons. The van der Waals surface area contributed by atoms with Crippen LogP contribution in [0.25, 0.3) is 6.08 Å². The summed E-state index contributed by atoms with van der Waals surface area (Å²) < 4.78 is 5.98. The third-order valence-electron chi connectivity index (χ3n) is 3.37. The molecule has 0 saturated heterocycles. The zero-order valence-electron chi connectivity index (χ0n) is 11.4. The van der Waals surface area contributed by atoms with E-state index in [0.29, 0.717) is 5.75 Å². The molecule has 0 fully saturated rings. The maximum atomic E-state index is 9.74. The number of fused-ring (bicyclic) bond motifs is 1. The van der Waals surface area contributed by atoms with Gasteiger partial charge in [0.1, 0.15) is 17.1 Å². The molecule has 2 N–H and O–H groups in total. The van der Waals surface area contributed by atoms with Crippen LogP contribution >= 0.6 is 0 Å². The van der Waals surface area contributed by atoms with Crippen molar-refractivity contribution >= 4 is 6.08 Å². The molecule has 1 atom stereocenters. The Bertz CT molecular complexity index is 517. The predicted molar refractivity (Wildman–Crippen MR) is 76.3 cm³/mol. The van der Waals surface area contributed by atoms with Crippen molar-refractivity contribution in [2.75, 3.05) is 6.61 Å². The SMILES string of the molecule is C/C(=C\CCC1(C)C=Cc2c(O)cccc2O1)CO. The Balaban J connectivity index is 2.09. The minimum Gasteiger partial charge on any atom is -0.507 e. The smallest absolute Gasteiger partial charge is 0.131 e. The summed E-state index contributed by atoms with van der Waals surface area (Å²) in [6, 6.07) is 5.30. The van der Waals surface area contributed by atoms with Crippen LogP contribution in [0.3, 0.4) is 0 Å². The molecule has 1 aromatic carbocycles. The molecule has 1 aromatic rings. The minimum absolute atomic E-state index is 0.101. The Labute approximate surface area is 113 Å². The third kappa shape index (κ3) is 3.18. The van der Waals surface area contributed by atoms with E-state index in [9.17, 15) is 5.11 Å². The summed E-state index contributed by atoms with van der Waals surface area (Å²) in [6.45, 7) is 4.04. The highest BCUT2D eigenvalue weighted by molar-refractivity contribution is 5.66. The molecule has 2 rings (SSSR count). The van der Waals surface area contributed by atoms with E-state index in [0.717, 1.165) is 24.0 Å².